The topological polar surface area (TPSA) is 46.9 Å². The Morgan fingerprint density at radius 1 is 1.04 bits per heavy atom. The lowest BCUT2D eigenvalue weighted by atomic mass is 10.00. The van der Waals surface area contributed by atoms with Crippen LogP contribution in [0.3, 0.4) is 0 Å². The van der Waals surface area contributed by atoms with Crippen molar-refractivity contribution < 1.29 is 4.79 Å². The van der Waals surface area contributed by atoms with Crippen LogP contribution in [0.4, 0.5) is 5.82 Å². The molecule has 2 aromatic carbocycles. The van der Waals surface area contributed by atoms with Gasteiger partial charge in [-0.1, -0.05) is 42.5 Å². The predicted molar refractivity (Wildman–Crippen MR) is 107 cm³/mol. The van der Waals surface area contributed by atoms with Crippen molar-refractivity contribution in [1.29, 1.82) is 0 Å². The highest BCUT2D eigenvalue weighted by atomic mass is 32.2. The fourth-order valence-electron chi connectivity index (χ4n) is 3.49. The molecule has 132 valence electrons. The highest BCUT2D eigenvalue weighted by Crippen LogP contribution is 2.44. The summed E-state index contributed by atoms with van der Waals surface area (Å²) in [6.45, 7) is 6.21. The summed E-state index contributed by atoms with van der Waals surface area (Å²) >= 11 is 1.66. The molecule has 1 atom stereocenters. The van der Waals surface area contributed by atoms with Crippen LogP contribution in [0.5, 0.6) is 0 Å². The Morgan fingerprint density at radius 3 is 2.46 bits per heavy atom. The number of carbonyl (C=O) groups is 1. The van der Waals surface area contributed by atoms with E-state index in [-0.39, 0.29) is 11.2 Å². The van der Waals surface area contributed by atoms with Gasteiger partial charge in [-0.25, -0.2) is 4.68 Å². The van der Waals surface area contributed by atoms with E-state index in [9.17, 15) is 4.79 Å². The zero-order valence-electron chi connectivity index (χ0n) is 15.1. The SMILES string of the molecule is Cc1ccccc1C1SCC(=O)Nc2c1c(C)nn2-c1ccccc1C. The maximum atomic E-state index is 12.4. The van der Waals surface area contributed by atoms with Gasteiger partial charge in [-0.05, 0) is 43.5 Å². The number of amides is 1. The molecule has 0 radical (unpaired) electrons. The lowest BCUT2D eigenvalue weighted by Gasteiger charge is -2.17. The highest BCUT2D eigenvalue weighted by Gasteiger charge is 2.31. The number of para-hydroxylation sites is 1. The number of anilines is 1. The van der Waals surface area contributed by atoms with Gasteiger partial charge in [0.05, 0.1) is 22.4 Å². The molecule has 3 aromatic rings. The summed E-state index contributed by atoms with van der Waals surface area (Å²) in [5.41, 5.74) is 6.63. The molecular weight excluding hydrogens is 342 g/mol. The average molecular weight is 363 g/mol. The Morgan fingerprint density at radius 2 is 1.73 bits per heavy atom. The van der Waals surface area contributed by atoms with E-state index in [1.54, 1.807) is 11.8 Å². The van der Waals surface area contributed by atoms with Gasteiger partial charge in [0.2, 0.25) is 5.91 Å². The van der Waals surface area contributed by atoms with Crippen molar-refractivity contribution in [1.82, 2.24) is 9.78 Å². The summed E-state index contributed by atoms with van der Waals surface area (Å²) in [4.78, 5) is 12.4. The van der Waals surface area contributed by atoms with E-state index in [1.807, 2.05) is 35.9 Å². The van der Waals surface area contributed by atoms with E-state index in [2.05, 4.69) is 43.4 Å². The number of hydrogen-bond acceptors (Lipinski definition) is 3. The van der Waals surface area contributed by atoms with Crippen molar-refractivity contribution >= 4 is 23.5 Å². The molecule has 5 heteroatoms. The molecule has 1 aliphatic rings. The molecule has 1 unspecified atom stereocenters. The largest absolute Gasteiger partial charge is 0.310 e. The fourth-order valence-corrected chi connectivity index (χ4v) is 4.77. The Labute approximate surface area is 157 Å². The molecule has 4 rings (SSSR count). The molecular formula is C21H21N3OS. The zero-order valence-corrected chi connectivity index (χ0v) is 15.9. The fraction of sp³-hybridized carbons (Fsp3) is 0.238. The number of rotatable bonds is 2. The van der Waals surface area contributed by atoms with Crippen LogP contribution in [0.25, 0.3) is 5.69 Å². The number of aromatic nitrogens is 2. The lowest BCUT2D eigenvalue weighted by Crippen LogP contribution is -2.16. The molecule has 1 N–H and O–H groups in total. The Bertz CT molecular complexity index is 993. The quantitative estimate of drug-likeness (QED) is 0.725. The van der Waals surface area contributed by atoms with E-state index in [0.29, 0.717) is 5.75 Å². The van der Waals surface area contributed by atoms with Crippen molar-refractivity contribution in [2.45, 2.75) is 26.0 Å². The van der Waals surface area contributed by atoms with Crippen LogP contribution in [-0.2, 0) is 4.79 Å². The lowest BCUT2D eigenvalue weighted by molar-refractivity contribution is -0.113. The average Bonchev–Trinajstić information content (AvgIpc) is 2.82. The first-order valence-electron chi connectivity index (χ1n) is 8.68. The van der Waals surface area contributed by atoms with E-state index in [0.717, 1.165) is 28.3 Å². The van der Waals surface area contributed by atoms with Crippen molar-refractivity contribution in [3.8, 4) is 5.69 Å². The molecule has 26 heavy (non-hydrogen) atoms. The molecule has 1 amide bonds. The summed E-state index contributed by atoms with van der Waals surface area (Å²) < 4.78 is 1.88. The number of benzene rings is 2. The number of fused-ring (bicyclic) bond motifs is 1. The maximum Gasteiger partial charge on any atom is 0.235 e. The minimum Gasteiger partial charge on any atom is -0.310 e. The standard InChI is InChI=1S/C21H21N3OS/c1-13-8-4-6-10-16(13)20-19-15(3)23-24(17-11-7-5-9-14(17)2)21(19)22-18(25)12-26-20/h4-11,20H,12H2,1-3H3,(H,22,25). The number of thioether (sulfide) groups is 1. The number of hydrogen-bond donors (Lipinski definition) is 1. The van der Waals surface area contributed by atoms with Crippen molar-refractivity contribution in [3.63, 3.8) is 0 Å². The van der Waals surface area contributed by atoms with Gasteiger partial charge in [0.1, 0.15) is 5.82 Å². The van der Waals surface area contributed by atoms with Gasteiger partial charge in [-0.3, -0.25) is 4.79 Å². The second-order valence-electron chi connectivity index (χ2n) is 6.64. The zero-order chi connectivity index (χ0) is 18.3. The van der Waals surface area contributed by atoms with Crippen LogP contribution in [0.15, 0.2) is 48.5 Å². The number of nitrogens with one attached hydrogen (secondary N) is 1. The number of carbonyl (C=O) groups excluding carboxylic acids is 1. The molecule has 2 heterocycles. The first kappa shape index (κ1) is 16.9. The summed E-state index contributed by atoms with van der Waals surface area (Å²) in [6, 6.07) is 16.5. The molecule has 0 aliphatic carbocycles. The van der Waals surface area contributed by atoms with E-state index >= 15 is 0 Å². The Hall–Kier alpha value is -2.53. The molecule has 0 saturated carbocycles. The third-order valence-corrected chi connectivity index (χ3v) is 6.07. The van der Waals surface area contributed by atoms with Crippen LogP contribution < -0.4 is 5.32 Å². The Balaban J connectivity index is 1.94. The van der Waals surface area contributed by atoms with Gasteiger partial charge in [0, 0.05) is 5.56 Å². The van der Waals surface area contributed by atoms with E-state index < -0.39 is 0 Å². The minimum atomic E-state index is 0.0158. The van der Waals surface area contributed by atoms with Crippen LogP contribution in [0.1, 0.15) is 33.2 Å². The number of aryl methyl sites for hydroxylation is 3. The van der Waals surface area contributed by atoms with Crippen molar-refractivity contribution in [2.75, 3.05) is 11.1 Å². The summed E-state index contributed by atoms with van der Waals surface area (Å²) in [7, 11) is 0. The number of nitrogens with zero attached hydrogens (tertiary/aromatic N) is 2. The van der Waals surface area contributed by atoms with Gasteiger partial charge in [-0.15, -0.1) is 11.8 Å². The van der Waals surface area contributed by atoms with Crippen LogP contribution in [-0.4, -0.2) is 21.4 Å². The molecule has 1 aromatic heterocycles. The highest BCUT2D eigenvalue weighted by molar-refractivity contribution is 8.00. The van der Waals surface area contributed by atoms with Gasteiger partial charge in [-0.2, -0.15) is 5.10 Å². The second kappa shape index (κ2) is 6.65. The third kappa shape index (κ3) is 2.82. The summed E-state index contributed by atoms with van der Waals surface area (Å²) in [5.74, 6) is 1.24. The monoisotopic (exact) mass is 363 g/mol. The van der Waals surface area contributed by atoms with E-state index in [1.165, 1.54) is 11.1 Å². The molecule has 0 saturated heterocycles. The predicted octanol–water partition coefficient (Wildman–Crippen LogP) is 4.57. The molecule has 0 spiro atoms. The maximum absolute atomic E-state index is 12.4. The summed E-state index contributed by atoms with van der Waals surface area (Å²) in [5, 5.41) is 7.98. The second-order valence-corrected chi connectivity index (χ2v) is 7.74. The van der Waals surface area contributed by atoms with Gasteiger partial charge in [0.25, 0.3) is 0 Å². The van der Waals surface area contributed by atoms with Gasteiger partial charge in [0.15, 0.2) is 0 Å². The van der Waals surface area contributed by atoms with Crippen LogP contribution in [0.2, 0.25) is 0 Å². The molecule has 0 fully saturated rings. The third-order valence-electron chi connectivity index (χ3n) is 4.82. The minimum absolute atomic E-state index is 0.0158. The summed E-state index contributed by atoms with van der Waals surface area (Å²) in [6.07, 6.45) is 0. The first-order chi connectivity index (χ1) is 12.6. The molecule has 1 aliphatic heterocycles. The molecule has 4 nitrogen and oxygen atoms in total. The van der Waals surface area contributed by atoms with E-state index in [4.69, 9.17) is 5.10 Å². The Kier molecular flexibility index (Phi) is 4.32. The first-order valence-corrected chi connectivity index (χ1v) is 9.73. The van der Waals surface area contributed by atoms with Crippen LogP contribution in [0, 0.1) is 20.8 Å². The molecule has 0 bridgehead atoms. The smallest absolute Gasteiger partial charge is 0.235 e. The van der Waals surface area contributed by atoms with Crippen molar-refractivity contribution in [2.24, 2.45) is 0 Å². The normalized spacial score (nSPS) is 16.7. The van der Waals surface area contributed by atoms with Gasteiger partial charge < -0.3 is 5.32 Å². The van der Waals surface area contributed by atoms with Crippen molar-refractivity contribution in [3.05, 3.63) is 76.5 Å². The van der Waals surface area contributed by atoms with Crippen LogP contribution >= 0.6 is 11.8 Å². The van der Waals surface area contributed by atoms with Gasteiger partial charge >= 0.3 is 0 Å².